The summed E-state index contributed by atoms with van der Waals surface area (Å²) in [5, 5.41) is 5.06. The zero-order valence-electron chi connectivity index (χ0n) is 13.3. The van der Waals surface area contributed by atoms with E-state index in [9.17, 15) is 18.0 Å². The van der Waals surface area contributed by atoms with Crippen LogP contribution >= 0.6 is 0 Å². The molecule has 0 bridgehead atoms. The van der Waals surface area contributed by atoms with Crippen LogP contribution in [0.2, 0.25) is 0 Å². The van der Waals surface area contributed by atoms with Gasteiger partial charge in [-0.3, -0.25) is 9.59 Å². The van der Waals surface area contributed by atoms with Crippen molar-refractivity contribution in [2.24, 2.45) is 0 Å². The van der Waals surface area contributed by atoms with Gasteiger partial charge in [-0.1, -0.05) is 6.92 Å². The van der Waals surface area contributed by atoms with Gasteiger partial charge in [-0.15, -0.1) is 0 Å². The van der Waals surface area contributed by atoms with E-state index in [1.807, 2.05) is 6.92 Å². The molecule has 0 atom stereocenters. The molecule has 0 fully saturated rings. The summed E-state index contributed by atoms with van der Waals surface area (Å²) in [4.78, 5) is 22.6. The fourth-order valence-corrected chi connectivity index (χ4v) is 2.72. The van der Waals surface area contributed by atoms with E-state index >= 15 is 0 Å². The quantitative estimate of drug-likeness (QED) is 0.634. The second-order valence-corrected chi connectivity index (χ2v) is 6.48. The molecule has 2 amide bonds. The second-order valence-electron chi connectivity index (χ2n) is 4.72. The van der Waals surface area contributed by atoms with E-state index in [0.717, 1.165) is 6.42 Å². The van der Waals surface area contributed by atoms with Crippen molar-refractivity contribution in [2.45, 2.75) is 25.2 Å². The van der Waals surface area contributed by atoms with Gasteiger partial charge in [-0.25, -0.2) is 13.1 Å². The minimum Gasteiger partial charge on any atom is -0.495 e. The maximum atomic E-state index is 12.2. The Bertz CT molecular complexity index is 673. The molecular formula is C14H21N3O5S. The molecule has 0 spiro atoms. The number of carbonyl (C=O) groups is 2. The van der Waals surface area contributed by atoms with E-state index in [4.69, 9.17) is 4.74 Å². The molecule has 3 N–H and O–H groups in total. The summed E-state index contributed by atoms with van der Waals surface area (Å²) in [5.41, 5.74) is 0.235. The van der Waals surface area contributed by atoms with Crippen LogP contribution in [0.15, 0.2) is 23.1 Å². The van der Waals surface area contributed by atoms with Crippen molar-refractivity contribution < 1.29 is 22.7 Å². The molecule has 1 rings (SSSR count). The SMILES string of the molecule is CCCNC(=O)CNS(=O)(=O)c1ccc(OC)c(NC(C)=O)c1. The number of sulfonamides is 1. The number of hydrogen-bond donors (Lipinski definition) is 3. The van der Waals surface area contributed by atoms with E-state index in [-0.39, 0.29) is 23.0 Å². The van der Waals surface area contributed by atoms with Crippen LogP contribution in [0.4, 0.5) is 5.69 Å². The summed E-state index contributed by atoms with van der Waals surface area (Å²) in [6, 6.07) is 4.03. The van der Waals surface area contributed by atoms with E-state index in [2.05, 4.69) is 15.4 Å². The molecule has 0 saturated carbocycles. The highest BCUT2D eigenvalue weighted by Gasteiger charge is 2.18. The van der Waals surface area contributed by atoms with Crippen molar-refractivity contribution in [3.05, 3.63) is 18.2 Å². The van der Waals surface area contributed by atoms with Crippen LogP contribution in [0.5, 0.6) is 5.75 Å². The van der Waals surface area contributed by atoms with Gasteiger partial charge < -0.3 is 15.4 Å². The number of ether oxygens (including phenoxy) is 1. The number of benzene rings is 1. The maximum absolute atomic E-state index is 12.2. The number of nitrogens with one attached hydrogen (secondary N) is 3. The first-order valence-corrected chi connectivity index (χ1v) is 8.50. The maximum Gasteiger partial charge on any atom is 0.241 e. The first kappa shape index (κ1) is 18.9. The third kappa shape index (κ3) is 5.87. The van der Waals surface area contributed by atoms with Crippen LogP contribution in [0.25, 0.3) is 0 Å². The van der Waals surface area contributed by atoms with Crippen molar-refractivity contribution in [1.82, 2.24) is 10.0 Å². The Balaban J connectivity index is 2.91. The van der Waals surface area contributed by atoms with Crippen LogP contribution < -0.4 is 20.1 Å². The predicted molar refractivity (Wildman–Crippen MR) is 85.8 cm³/mol. The number of methoxy groups -OCH3 is 1. The van der Waals surface area contributed by atoms with E-state index in [1.165, 1.54) is 32.2 Å². The lowest BCUT2D eigenvalue weighted by Crippen LogP contribution is -2.37. The largest absolute Gasteiger partial charge is 0.495 e. The molecule has 0 aliphatic carbocycles. The number of carbonyl (C=O) groups excluding carboxylic acids is 2. The molecule has 23 heavy (non-hydrogen) atoms. The number of anilines is 1. The van der Waals surface area contributed by atoms with Crippen LogP contribution in [0, 0.1) is 0 Å². The lowest BCUT2D eigenvalue weighted by Gasteiger charge is -2.12. The summed E-state index contributed by atoms with van der Waals surface area (Å²) < 4.78 is 31.7. The first-order valence-electron chi connectivity index (χ1n) is 7.02. The van der Waals surface area contributed by atoms with Gasteiger partial charge in [-0.2, -0.15) is 0 Å². The van der Waals surface area contributed by atoms with Crippen molar-refractivity contribution in [3.8, 4) is 5.75 Å². The van der Waals surface area contributed by atoms with Crippen molar-refractivity contribution in [3.63, 3.8) is 0 Å². The van der Waals surface area contributed by atoms with Crippen molar-refractivity contribution >= 4 is 27.5 Å². The third-order valence-corrected chi connectivity index (χ3v) is 4.19. The highest BCUT2D eigenvalue weighted by molar-refractivity contribution is 7.89. The van der Waals surface area contributed by atoms with Gasteiger partial charge in [-0.05, 0) is 24.6 Å². The van der Waals surface area contributed by atoms with Crippen molar-refractivity contribution in [1.29, 1.82) is 0 Å². The van der Waals surface area contributed by atoms with Gasteiger partial charge in [0.15, 0.2) is 0 Å². The third-order valence-electron chi connectivity index (χ3n) is 2.79. The lowest BCUT2D eigenvalue weighted by molar-refractivity contribution is -0.120. The molecule has 128 valence electrons. The molecule has 0 aliphatic heterocycles. The van der Waals surface area contributed by atoms with Gasteiger partial charge in [0.25, 0.3) is 0 Å². The number of rotatable bonds is 8. The second kappa shape index (κ2) is 8.49. The average Bonchev–Trinajstić information content (AvgIpc) is 2.50. The van der Waals surface area contributed by atoms with Gasteiger partial charge in [0.1, 0.15) is 5.75 Å². The van der Waals surface area contributed by atoms with Gasteiger partial charge in [0.05, 0.1) is 24.2 Å². The standard InChI is InChI=1S/C14H21N3O5S/c1-4-7-15-14(19)9-16-23(20,21)11-5-6-13(22-3)12(8-11)17-10(2)18/h5-6,8,16H,4,7,9H2,1-3H3,(H,15,19)(H,17,18). The molecule has 1 aromatic carbocycles. The molecule has 0 unspecified atom stereocenters. The van der Waals surface area contributed by atoms with Gasteiger partial charge >= 0.3 is 0 Å². The first-order chi connectivity index (χ1) is 10.8. The summed E-state index contributed by atoms with van der Waals surface area (Å²) in [6.07, 6.45) is 0.761. The fraction of sp³-hybridized carbons (Fsp3) is 0.429. The molecule has 0 heterocycles. The molecule has 1 aromatic rings. The molecule has 0 aliphatic rings. The average molecular weight is 343 g/mol. The number of amides is 2. The van der Waals surface area contributed by atoms with E-state index < -0.39 is 15.9 Å². The van der Waals surface area contributed by atoms with Crippen LogP contribution in [0.1, 0.15) is 20.3 Å². The predicted octanol–water partition coefficient (Wildman–Crippen LogP) is 0.458. The molecular weight excluding hydrogens is 322 g/mol. The molecule has 9 heteroatoms. The Morgan fingerprint density at radius 2 is 1.96 bits per heavy atom. The minimum atomic E-state index is -3.88. The summed E-state index contributed by atoms with van der Waals surface area (Å²) in [5.74, 6) is -0.435. The van der Waals surface area contributed by atoms with Gasteiger partial charge in [0.2, 0.25) is 21.8 Å². The molecule has 8 nitrogen and oxygen atoms in total. The topological polar surface area (TPSA) is 114 Å². The van der Waals surface area contributed by atoms with E-state index in [1.54, 1.807) is 0 Å². The van der Waals surface area contributed by atoms with Crippen LogP contribution in [0.3, 0.4) is 0 Å². The van der Waals surface area contributed by atoms with Gasteiger partial charge in [0, 0.05) is 13.5 Å². The number of hydrogen-bond acceptors (Lipinski definition) is 5. The zero-order valence-corrected chi connectivity index (χ0v) is 14.1. The summed E-state index contributed by atoms with van der Waals surface area (Å²) in [6.45, 7) is 3.32. The molecule has 0 aromatic heterocycles. The highest BCUT2D eigenvalue weighted by atomic mass is 32.2. The smallest absolute Gasteiger partial charge is 0.241 e. The molecule has 0 radical (unpaired) electrons. The highest BCUT2D eigenvalue weighted by Crippen LogP contribution is 2.27. The van der Waals surface area contributed by atoms with Crippen molar-refractivity contribution in [2.75, 3.05) is 25.5 Å². The Hall–Kier alpha value is -2.13. The van der Waals surface area contributed by atoms with Crippen LogP contribution in [-0.2, 0) is 19.6 Å². The zero-order chi connectivity index (χ0) is 17.5. The Labute approximate surface area is 135 Å². The monoisotopic (exact) mass is 343 g/mol. The lowest BCUT2D eigenvalue weighted by atomic mass is 10.3. The van der Waals surface area contributed by atoms with Crippen LogP contribution in [-0.4, -0.2) is 40.4 Å². The van der Waals surface area contributed by atoms with E-state index in [0.29, 0.717) is 12.3 Å². The Kier molecular flexibility index (Phi) is 6.98. The Morgan fingerprint density at radius 3 is 2.52 bits per heavy atom. The summed E-state index contributed by atoms with van der Waals surface area (Å²) >= 11 is 0. The minimum absolute atomic E-state index is 0.0784. The summed E-state index contributed by atoms with van der Waals surface area (Å²) in [7, 11) is -2.47. The molecule has 0 saturated heterocycles. The fourth-order valence-electron chi connectivity index (χ4n) is 1.71. The Morgan fingerprint density at radius 1 is 1.26 bits per heavy atom. The normalized spacial score (nSPS) is 10.9.